The normalized spacial score (nSPS) is 10.7. The van der Waals surface area contributed by atoms with Crippen LogP contribution >= 0.6 is 23.4 Å². The molecule has 0 aliphatic heterocycles. The van der Waals surface area contributed by atoms with Crippen LogP contribution in [-0.4, -0.2) is 27.1 Å². The number of anilines is 1. The lowest BCUT2D eigenvalue weighted by Crippen LogP contribution is -2.22. The van der Waals surface area contributed by atoms with E-state index in [1.54, 1.807) is 42.8 Å². The highest BCUT2D eigenvalue weighted by molar-refractivity contribution is 7.99. The summed E-state index contributed by atoms with van der Waals surface area (Å²) in [6.45, 7) is 2.23. The molecule has 9 heteroatoms. The Labute approximate surface area is 200 Å². The highest BCUT2D eigenvalue weighted by Gasteiger charge is 2.11. The number of hydrogen-bond donors (Lipinski definition) is 2. The van der Waals surface area contributed by atoms with Crippen LogP contribution in [0.4, 0.5) is 5.69 Å². The van der Waals surface area contributed by atoms with Gasteiger partial charge < -0.3 is 15.1 Å². The molecule has 2 amide bonds. The number of aromatic nitrogens is 2. The van der Waals surface area contributed by atoms with E-state index in [2.05, 4.69) is 15.6 Å². The van der Waals surface area contributed by atoms with Gasteiger partial charge in [-0.25, -0.2) is 4.98 Å². The zero-order valence-electron chi connectivity index (χ0n) is 17.7. The van der Waals surface area contributed by atoms with Gasteiger partial charge in [0.05, 0.1) is 18.6 Å². The summed E-state index contributed by atoms with van der Waals surface area (Å²) in [7, 11) is 0. The number of nitrogens with zero attached hydrogens (tertiary/aromatic N) is 2. The molecule has 0 aliphatic carbocycles. The molecule has 0 bridgehead atoms. The maximum atomic E-state index is 12.4. The van der Waals surface area contributed by atoms with Crippen LogP contribution in [0.15, 0.2) is 82.8 Å². The molecule has 2 heterocycles. The highest BCUT2D eigenvalue weighted by Crippen LogP contribution is 2.23. The molecule has 0 atom stereocenters. The predicted octanol–water partition coefficient (Wildman–Crippen LogP) is 5.09. The van der Waals surface area contributed by atoms with Gasteiger partial charge in [0.15, 0.2) is 5.16 Å². The molecule has 0 saturated heterocycles. The average molecular weight is 481 g/mol. The monoisotopic (exact) mass is 480 g/mol. The van der Waals surface area contributed by atoms with Gasteiger partial charge in [-0.3, -0.25) is 14.2 Å². The number of carbonyl (C=O) groups is 2. The van der Waals surface area contributed by atoms with Crippen LogP contribution in [0.5, 0.6) is 0 Å². The second kappa shape index (κ2) is 10.4. The summed E-state index contributed by atoms with van der Waals surface area (Å²) in [5.41, 5.74) is 2.98. The first-order chi connectivity index (χ1) is 16.0. The van der Waals surface area contributed by atoms with Gasteiger partial charge in [-0.1, -0.05) is 29.4 Å². The molecule has 4 aromatic rings. The lowest BCUT2D eigenvalue weighted by Gasteiger charge is -2.10. The Morgan fingerprint density at radius 3 is 2.70 bits per heavy atom. The Balaban J connectivity index is 1.35. The van der Waals surface area contributed by atoms with Crippen LogP contribution in [0.2, 0.25) is 5.02 Å². The Morgan fingerprint density at radius 2 is 1.97 bits per heavy atom. The highest BCUT2D eigenvalue weighted by atomic mass is 35.5. The minimum absolute atomic E-state index is 0.155. The summed E-state index contributed by atoms with van der Waals surface area (Å²) >= 11 is 7.43. The standard InChI is InChI=1S/C24H21ClN4O3S/c1-16-4-7-18(13-21(16)25)28-22(30)15-33-24-26-10-11-29(24)19-8-5-17(6-9-19)23(31)27-14-20-3-2-12-32-20/h2-13H,14-15H2,1H3,(H,27,31)(H,28,30). The fraction of sp³-hybridized carbons (Fsp3) is 0.125. The quantitative estimate of drug-likeness (QED) is 0.343. The number of carbonyl (C=O) groups excluding carboxylic acids is 2. The minimum Gasteiger partial charge on any atom is -0.467 e. The number of halogens is 1. The SMILES string of the molecule is Cc1ccc(NC(=O)CSc2nccn2-c2ccc(C(=O)NCc3ccco3)cc2)cc1Cl. The second-order valence-electron chi connectivity index (χ2n) is 7.19. The smallest absolute Gasteiger partial charge is 0.251 e. The third kappa shape index (κ3) is 5.85. The fourth-order valence-corrected chi connectivity index (χ4v) is 4.00. The van der Waals surface area contributed by atoms with Crippen LogP contribution < -0.4 is 10.6 Å². The summed E-state index contributed by atoms with van der Waals surface area (Å²) in [5, 5.41) is 6.93. The first kappa shape index (κ1) is 22.7. The van der Waals surface area contributed by atoms with Crippen LogP contribution in [0, 0.1) is 6.92 Å². The van der Waals surface area contributed by atoms with Gasteiger partial charge >= 0.3 is 0 Å². The number of imidazole rings is 1. The van der Waals surface area contributed by atoms with Gasteiger partial charge in [0.2, 0.25) is 5.91 Å². The maximum Gasteiger partial charge on any atom is 0.251 e. The Morgan fingerprint density at radius 1 is 1.15 bits per heavy atom. The van der Waals surface area contributed by atoms with Crippen LogP contribution in [0.3, 0.4) is 0 Å². The summed E-state index contributed by atoms with van der Waals surface area (Å²) < 4.78 is 7.09. The van der Waals surface area contributed by atoms with Gasteiger partial charge in [-0.2, -0.15) is 0 Å². The second-order valence-corrected chi connectivity index (χ2v) is 8.54. The lowest BCUT2D eigenvalue weighted by atomic mass is 10.2. The molecule has 33 heavy (non-hydrogen) atoms. The first-order valence-electron chi connectivity index (χ1n) is 10.1. The van der Waals surface area contributed by atoms with Gasteiger partial charge in [0, 0.05) is 34.4 Å². The summed E-state index contributed by atoms with van der Waals surface area (Å²) in [6, 6.07) is 16.1. The largest absolute Gasteiger partial charge is 0.467 e. The van der Waals surface area contributed by atoms with Gasteiger partial charge in [-0.05, 0) is 61.0 Å². The van der Waals surface area contributed by atoms with Gasteiger partial charge in [0.25, 0.3) is 5.91 Å². The molecule has 4 rings (SSSR count). The van der Waals surface area contributed by atoms with Crippen LogP contribution in [0.1, 0.15) is 21.7 Å². The molecule has 7 nitrogen and oxygen atoms in total. The number of amides is 2. The molecule has 0 radical (unpaired) electrons. The number of furan rings is 1. The van der Waals surface area contributed by atoms with Crippen molar-refractivity contribution in [3.8, 4) is 5.69 Å². The fourth-order valence-electron chi connectivity index (χ4n) is 3.05. The van der Waals surface area contributed by atoms with Gasteiger partial charge in [-0.15, -0.1) is 0 Å². The van der Waals surface area contributed by atoms with E-state index in [9.17, 15) is 9.59 Å². The maximum absolute atomic E-state index is 12.4. The van der Waals surface area contributed by atoms with Crippen molar-refractivity contribution in [2.24, 2.45) is 0 Å². The number of hydrogen-bond acceptors (Lipinski definition) is 5. The van der Waals surface area contributed by atoms with Crippen molar-refractivity contribution < 1.29 is 14.0 Å². The molecular formula is C24H21ClN4O3S. The number of thioether (sulfide) groups is 1. The molecule has 2 N–H and O–H groups in total. The Kier molecular flexibility index (Phi) is 7.16. The van der Waals surface area contributed by atoms with E-state index in [1.807, 2.05) is 42.0 Å². The third-order valence-corrected chi connectivity index (χ3v) is 6.18. The molecule has 0 aliphatic rings. The van der Waals surface area contributed by atoms with E-state index in [4.69, 9.17) is 16.0 Å². The summed E-state index contributed by atoms with van der Waals surface area (Å²) in [6.07, 6.45) is 5.05. The van der Waals surface area contributed by atoms with Gasteiger partial charge in [0.1, 0.15) is 5.76 Å². The van der Waals surface area contributed by atoms with Crippen molar-refractivity contribution in [3.63, 3.8) is 0 Å². The Hall–Kier alpha value is -3.49. The number of rotatable bonds is 8. The van der Waals surface area contributed by atoms with Crippen molar-refractivity contribution in [1.29, 1.82) is 0 Å². The molecule has 168 valence electrons. The minimum atomic E-state index is -0.189. The average Bonchev–Trinajstić information content (AvgIpc) is 3.51. The third-order valence-electron chi connectivity index (χ3n) is 4.81. The van der Waals surface area contributed by atoms with E-state index in [1.165, 1.54) is 11.8 Å². The topological polar surface area (TPSA) is 89.2 Å². The molecule has 2 aromatic carbocycles. The van der Waals surface area contributed by atoms with Crippen molar-refractivity contribution in [1.82, 2.24) is 14.9 Å². The molecule has 2 aromatic heterocycles. The van der Waals surface area contributed by atoms with Crippen molar-refractivity contribution in [2.75, 3.05) is 11.1 Å². The zero-order valence-corrected chi connectivity index (χ0v) is 19.3. The summed E-state index contributed by atoms with van der Waals surface area (Å²) in [5.74, 6) is 0.536. The Bertz CT molecular complexity index is 1250. The van der Waals surface area contributed by atoms with E-state index in [-0.39, 0.29) is 17.6 Å². The number of benzene rings is 2. The van der Waals surface area contributed by atoms with Crippen molar-refractivity contribution in [3.05, 3.63) is 95.2 Å². The zero-order chi connectivity index (χ0) is 23.2. The first-order valence-corrected chi connectivity index (χ1v) is 11.5. The van der Waals surface area contributed by atoms with Crippen molar-refractivity contribution in [2.45, 2.75) is 18.6 Å². The van der Waals surface area contributed by atoms with Crippen LogP contribution in [-0.2, 0) is 11.3 Å². The number of aryl methyl sites for hydroxylation is 1. The van der Waals surface area contributed by atoms with Crippen molar-refractivity contribution >= 4 is 40.9 Å². The van der Waals surface area contributed by atoms with Crippen LogP contribution in [0.25, 0.3) is 5.69 Å². The molecule has 0 saturated carbocycles. The van der Waals surface area contributed by atoms with E-state index in [0.717, 1.165) is 11.3 Å². The predicted molar refractivity (Wildman–Crippen MR) is 129 cm³/mol. The van der Waals surface area contributed by atoms with E-state index in [0.29, 0.717) is 33.7 Å². The lowest BCUT2D eigenvalue weighted by molar-refractivity contribution is -0.113. The molecular weight excluding hydrogens is 460 g/mol. The van der Waals surface area contributed by atoms with E-state index < -0.39 is 0 Å². The molecule has 0 fully saturated rings. The molecule has 0 unspecified atom stereocenters. The van der Waals surface area contributed by atoms with E-state index >= 15 is 0 Å². The summed E-state index contributed by atoms with van der Waals surface area (Å²) in [4.78, 5) is 29.0. The molecule has 0 spiro atoms. The number of nitrogens with one attached hydrogen (secondary N) is 2.